The molecule has 0 amide bonds. The number of hydrogen-bond donors (Lipinski definition) is 2. The summed E-state index contributed by atoms with van der Waals surface area (Å²) >= 11 is 0. The zero-order valence-corrected chi connectivity index (χ0v) is 25.7. The van der Waals surface area contributed by atoms with E-state index in [2.05, 4.69) is 25.9 Å². The van der Waals surface area contributed by atoms with Crippen molar-refractivity contribution in [3.63, 3.8) is 0 Å². The third-order valence-electron chi connectivity index (χ3n) is 10.2. The predicted molar refractivity (Wildman–Crippen MR) is 167 cm³/mol. The van der Waals surface area contributed by atoms with Gasteiger partial charge in [-0.2, -0.15) is 9.97 Å². The standard InChI is InChI=1S/C34H31F5N6O3/c1-2-22-24(35)6-4-18-12-20(46)13-23(26(18)22)29-28(36)30-27-25(41-29)7-5-19-15-40-9-11-45(19)31(27)43-32(42-30)47-17-33-8-3-10-44(33)16-21(14-33)48-34(37,38)39/h1,4,6,12-13,19,21,40,46H,3,5,7-11,14-17H2/t19-,21+,33+/m1/s1. The molecule has 4 aliphatic heterocycles. The van der Waals surface area contributed by atoms with Crippen LogP contribution in [0, 0.1) is 24.0 Å². The normalized spacial score (nSPS) is 24.0. The second-order valence-electron chi connectivity index (χ2n) is 13.0. The van der Waals surface area contributed by atoms with Crippen molar-refractivity contribution in [1.82, 2.24) is 25.2 Å². The number of phenolic OH excluding ortho intramolecular Hbond substituents is 1. The van der Waals surface area contributed by atoms with Gasteiger partial charge in [0, 0.05) is 43.2 Å². The summed E-state index contributed by atoms with van der Waals surface area (Å²) in [6.07, 6.45) is 2.59. The molecule has 250 valence electrons. The van der Waals surface area contributed by atoms with E-state index in [1.165, 1.54) is 24.3 Å². The van der Waals surface area contributed by atoms with Gasteiger partial charge in [0.1, 0.15) is 35.2 Å². The smallest absolute Gasteiger partial charge is 0.508 e. The van der Waals surface area contributed by atoms with Crippen LogP contribution in [0.5, 0.6) is 11.8 Å². The summed E-state index contributed by atoms with van der Waals surface area (Å²) in [5.41, 5.74) is -0.358. The van der Waals surface area contributed by atoms with Crippen LogP contribution in [-0.4, -0.2) is 88.3 Å². The number of rotatable bonds is 5. The lowest BCUT2D eigenvalue weighted by atomic mass is 9.94. The Morgan fingerprint density at radius 3 is 2.79 bits per heavy atom. The Labute approximate surface area is 272 Å². The summed E-state index contributed by atoms with van der Waals surface area (Å²) in [6.45, 7) is 2.67. The number of fused-ring (bicyclic) bond motifs is 4. The van der Waals surface area contributed by atoms with Crippen molar-refractivity contribution in [3.05, 3.63) is 47.2 Å². The molecule has 8 rings (SSSR count). The average molecular weight is 667 g/mol. The maximum absolute atomic E-state index is 17.0. The molecule has 0 radical (unpaired) electrons. The molecule has 6 heterocycles. The maximum atomic E-state index is 17.0. The fraction of sp³-hybridized carbons (Fsp3) is 0.441. The molecule has 2 aromatic heterocycles. The number of piperazine rings is 1. The number of nitrogens with one attached hydrogen (secondary N) is 1. The first-order valence-corrected chi connectivity index (χ1v) is 16.0. The molecule has 0 unspecified atom stereocenters. The van der Waals surface area contributed by atoms with Crippen LogP contribution in [-0.2, 0) is 11.2 Å². The van der Waals surface area contributed by atoms with E-state index in [1.807, 2.05) is 4.90 Å². The number of aryl methyl sites for hydroxylation is 1. The molecule has 3 fully saturated rings. The zero-order valence-electron chi connectivity index (χ0n) is 25.7. The van der Waals surface area contributed by atoms with Crippen molar-refractivity contribution in [2.45, 2.75) is 56.2 Å². The molecule has 3 saturated heterocycles. The van der Waals surface area contributed by atoms with Crippen molar-refractivity contribution >= 4 is 27.5 Å². The summed E-state index contributed by atoms with van der Waals surface area (Å²) in [5, 5.41) is 15.1. The van der Waals surface area contributed by atoms with Crippen molar-refractivity contribution in [2.24, 2.45) is 0 Å². The number of hydrogen-bond acceptors (Lipinski definition) is 9. The van der Waals surface area contributed by atoms with E-state index >= 15 is 4.39 Å². The Morgan fingerprint density at radius 1 is 1.12 bits per heavy atom. The van der Waals surface area contributed by atoms with Crippen molar-refractivity contribution < 1.29 is 36.5 Å². The highest BCUT2D eigenvalue weighted by Crippen LogP contribution is 2.44. The number of halogens is 5. The van der Waals surface area contributed by atoms with Gasteiger partial charge in [-0.05, 0) is 62.2 Å². The second kappa shape index (κ2) is 11.4. The SMILES string of the molecule is C#Cc1c(F)ccc2cc(O)cc(-c3nc4c5c(nc(OC[C@@]67CCCN6C[C@@H](OC(F)(F)F)C7)nc5c3F)N3CCNC[C@H]3CC4)c12. The Bertz CT molecular complexity index is 2000. The molecule has 0 bridgehead atoms. The molecular weight excluding hydrogens is 635 g/mol. The van der Waals surface area contributed by atoms with E-state index in [0.717, 1.165) is 6.42 Å². The molecule has 14 heteroatoms. The van der Waals surface area contributed by atoms with Gasteiger partial charge in [-0.1, -0.05) is 12.0 Å². The van der Waals surface area contributed by atoms with Gasteiger partial charge in [-0.25, -0.2) is 13.8 Å². The van der Waals surface area contributed by atoms with Crippen molar-refractivity contribution in [2.75, 3.05) is 44.2 Å². The first-order valence-electron chi connectivity index (χ1n) is 16.0. The highest BCUT2D eigenvalue weighted by atomic mass is 19.4. The van der Waals surface area contributed by atoms with E-state index in [0.29, 0.717) is 67.7 Å². The van der Waals surface area contributed by atoms with E-state index < -0.39 is 29.6 Å². The van der Waals surface area contributed by atoms with Crippen LogP contribution in [0.4, 0.5) is 27.8 Å². The summed E-state index contributed by atoms with van der Waals surface area (Å²) in [7, 11) is 0. The first-order chi connectivity index (χ1) is 23.0. The van der Waals surface area contributed by atoms with Crippen LogP contribution in [0.1, 0.15) is 36.9 Å². The number of anilines is 1. The Morgan fingerprint density at radius 2 is 1.98 bits per heavy atom. The number of aromatic hydroxyl groups is 1. The number of ether oxygens (including phenoxy) is 2. The number of phenols is 1. The van der Waals surface area contributed by atoms with Gasteiger partial charge in [-0.15, -0.1) is 19.6 Å². The molecule has 4 aromatic rings. The van der Waals surface area contributed by atoms with E-state index in [-0.39, 0.29) is 65.1 Å². The maximum Gasteiger partial charge on any atom is 0.522 e. The van der Waals surface area contributed by atoms with Crippen LogP contribution in [0.15, 0.2) is 24.3 Å². The fourth-order valence-corrected chi connectivity index (χ4v) is 8.12. The van der Waals surface area contributed by atoms with Crippen LogP contribution in [0.3, 0.4) is 0 Å². The molecular formula is C34H31F5N6O3. The van der Waals surface area contributed by atoms with Crippen LogP contribution in [0.25, 0.3) is 32.9 Å². The number of alkyl halides is 3. The summed E-state index contributed by atoms with van der Waals surface area (Å²) in [4.78, 5) is 18.2. The third-order valence-corrected chi connectivity index (χ3v) is 10.2. The van der Waals surface area contributed by atoms with E-state index in [9.17, 15) is 22.7 Å². The molecule has 48 heavy (non-hydrogen) atoms. The Hall–Kier alpha value is -4.32. The number of aromatic nitrogens is 3. The molecule has 2 aromatic carbocycles. The van der Waals surface area contributed by atoms with Gasteiger partial charge < -0.3 is 20.1 Å². The minimum Gasteiger partial charge on any atom is -0.508 e. The highest BCUT2D eigenvalue weighted by Gasteiger charge is 2.52. The second-order valence-corrected chi connectivity index (χ2v) is 13.0. The lowest BCUT2D eigenvalue weighted by Crippen LogP contribution is -2.51. The van der Waals surface area contributed by atoms with Crippen LogP contribution in [0.2, 0.25) is 0 Å². The van der Waals surface area contributed by atoms with Gasteiger partial charge in [0.05, 0.1) is 28.3 Å². The van der Waals surface area contributed by atoms with Gasteiger partial charge in [-0.3, -0.25) is 9.64 Å². The van der Waals surface area contributed by atoms with E-state index in [1.54, 1.807) is 0 Å². The first kappa shape index (κ1) is 31.0. The lowest BCUT2D eigenvalue weighted by Gasteiger charge is -2.36. The number of terminal acetylenes is 1. The number of benzene rings is 2. The minimum absolute atomic E-state index is 0.00489. The quantitative estimate of drug-likeness (QED) is 0.224. The largest absolute Gasteiger partial charge is 0.522 e. The Kier molecular flexibility index (Phi) is 7.35. The molecule has 4 aliphatic rings. The van der Waals surface area contributed by atoms with Gasteiger partial charge in [0.2, 0.25) is 0 Å². The predicted octanol–water partition coefficient (Wildman–Crippen LogP) is 5.06. The molecule has 0 saturated carbocycles. The molecule has 3 atom stereocenters. The summed E-state index contributed by atoms with van der Waals surface area (Å²) in [6, 6.07) is 5.29. The van der Waals surface area contributed by atoms with Gasteiger partial charge in [0.25, 0.3) is 0 Å². The summed E-state index contributed by atoms with van der Waals surface area (Å²) < 4.78 is 81.7. The lowest BCUT2D eigenvalue weighted by molar-refractivity contribution is -0.340. The average Bonchev–Trinajstić information content (AvgIpc) is 3.53. The number of pyridine rings is 1. The Balaban J connectivity index is 1.27. The highest BCUT2D eigenvalue weighted by molar-refractivity contribution is 6.03. The molecule has 0 aliphatic carbocycles. The van der Waals surface area contributed by atoms with E-state index in [4.69, 9.17) is 21.1 Å². The van der Waals surface area contributed by atoms with Crippen molar-refractivity contribution in [1.29, 1.82) is 0 Å². The van der Waals surface area contributed by atoms with Crippen molar-refractivity contribution in [3.8, 4) is 35.4 Å². The van der Waals surface area contributed by atoms with Crippen LogP contribution >= 0.6 is 0 Å². The molecule has 2 N–H and O–H groups in total. The molecule has 0 spiro atoms. The fourth-order valence-electron chi connectivity index (χ4n) is 8.12. The summed E-state index contributed by atoms with van der Waals surface area (Å²) in [5.74, 6) is 1.15. The monoisotopic (exact) mass is 666 g/mol. The third kappa shape index (κ3) is 5.15. The topological polar surface area (TPSA) is 95.9 Å². The van der Waals surface area contributed by atoms with Gasteiger partial charge >= 0.3 is 12.4 Å². The van der Waals surface area contributed by atoms with Crippen LogP contribution < -0.4 is 15.0 Å². The molecule has 9 nitrogen and oxygen atoms in total. The number of nitrogens with zero attached hydrogens (tertiary/aromatic N) is 5. The van der Waals surface area contributed by atoms with Gasteiger partial charge in [0.15, 0.2) is 5.82 Å². The minimum atomic E-state index is -4.75. The zero-order chi connectivity index (χ0) is 33.4.